The first-order valence-electron chi connectivity index (χ1n) is 9.45. The molecule has 0 radical (unpaired) electrons. The number of benzene rings is 1. The summed E-state index contributed by atoms with van der Waals surface area (Å²) in [5, 5.41) is 2.87. The number of aryl methyl sites for hydroxylation is 1. The van der Waals surface area contributed by atoms with E-state index in [4.69, 9.17) is 0 Å². The molecular formula is C21H22N2O3. The maximum absolute atomic E-state index is 12.9. The minimum absolute atomic E-state index is 0.0617. The fourth-order valence-corrected chi connectivity index (χ4v) is 5.38. The van der Waals surface area contributed by atoms with Gasteiger partial charge in [-0.05, 0) is 48.6 Å². The summed E-state index contributed by atoms with van der Waals surface area (Å²) in [7, 11) is 0. The number of carbonyl (C=O) groups is 3. The molecule has 5 nitrogen and oxygen atoms in total. The Bertz CT molecular complexity index is 809. The Morgan fingerprint density at radius 3 is 2.31 bits per heavy atom. The van der Waals surface area contributed by atoms with Crippen LogP contribution in [0.15, 0.2) is 36.4 Å². The lowest BCUT2D eigenvalue weighted by Crippen LogP contribution is -2.40. The van der Waals surface area contributed by atoms with Gasteiger partial charge < -0.3 is 5.32 Å². The Hall–Kier alpha value is -2.43. The summed E-state index contributed by atoms with van der Waals surface area (Å²) >= 11 is 0. The molecule has 0 unspecified atom stereocenters. The predicted molar refractivity (Wildman–Crippen MR) is 95.8 cm³/mol. The van der Waals surface area contributed by atoms with Gasteiger partial charge in [-0.25, -0.2) is 0 Å². The molecular weight excluding hydrogens is 328 g/mol. The van der Waals surface area contributed by atoms with Crippen LogP contribution in [-0.4, -0.2) is 29.2 Å². The van der Waals surface area contributed by atoms with Crippen LogP contribution in [0.25, 0.3) is 0 Å². The van der Waals surface area contributed by atoms with Gasteiger partial charge in [-0.1, -0.05) is 30.4 Å². The number of hydrogen-bond acceptors (Lipinski definition) is 3. The van der Waals surface area contributed by atoms with Crippen molar-refractivity contribution in [1.29, 1.82) is 0 Å². The highest BCUT2D eigenvalue weighted by Gasteiger charge is 2.66. The molecule has 1 saturated heterocycles. The molecule has 1 N–H and O–H groups in total. The number of carbonyl (C=O) groups excluding carboxylic acids is 3. The first kappa shape index (κ1) is 15.8. The van der Waals surface area contributed by atoms with Crippen molar-refractivity contribution in [3.63, 3.8) is 0 Å². The molecule has 5 aliphatic rings. The monoisotopic (exact) mass is 350 g/mol. The molecule has 6 atom stereocenters. The first-order chi connectivity index (χ1) is 12.6. The zero-order chi connectivity index (χ0) is 18.0. The van der Waals surface area contributed by atoms with Gasteiger partial charge in [0.2, 0.25) is 17.7 Å². The van der Waals surface area contributed by atoms with E-state index in [1.807, 2.05) is 31.2 Å². The lowest BCUT2D eigenvalue weighted by Gasteiger charge is -2.37. The molecule has 26 heavy (non-hydrogen) atoms. The van der Waals surface area contributed by atoms with E-state index in [0.717, 1.165) is 17.7 Å². The number of likely N-dealkylation sites (tertiary alicyclic amines) is 1. The normalized spacial score (nSPS) is 36.1. The van der Waals surface area contributed by atoms with Gasteiger partial charge in [0.05, 0.1) is 11.8 Å². The number of hydrogen-bond donors (Lipinski definition) is 1. The van der Waals surface area contributed by atoms with Crippen LogP contribution in [-0.2, 0) is 14.4 Å². The number of nitrogens with one attached hydrogen (secondary N) is 1. The summed E-state index contributed by atoms with van der Waals surface area (Å²) in [4.78, 5) is 39.4. The fraction of sp³-hybridized carbons (Fsp3) is 0.476. The maximum atomic E-state index is 12.9. The average Bonchev–Trinajstić information content (AvgIpc) is 3.41. The molecule has 0 spiro atoms. The number of rotatable bonds is 4. The minimum Gasteiger partial charge on any atom is -0.326 e. The number of para-hydroxylation sites is 1. The van der Waals surface area contributed by atoms with Crippen LogP contribution < -0.4 is 5.32 Å². The Kier molecular flexibility index (Phi) is 3.36. The maximum Gasteiger partial charge on any atom is 0.233 e. The molecule has 1 heterocycles. The van der Waals surface area contributed by atoms with E-state index < -0.39 is 0 Å². The molecule has 3 fully saturated rings. The summed E-state index contributed by atoms with van der Waals surface area (Å²) in [6.07, 6.45) is 5.63. The highest BCUT2D eigenvalue weighted by molar-refractivity contribution is 6.06. The van der Waals surface area contributed by atoms with Crippen molar-refractivity contribution in [3.8, 4) is 0 Å². The quantitative estimate of drug-likeness (QED) is 0.670. The van der Waals surface area contributed by atoms with Gasteiger partial charge in [0, 0.05) is 18.7 Å². The van der Waals surface area contributed by atoms with Crippen LogP contribution in [0.2, 0.25) is 0 Å². The van der Waals surface area contributed by atoms with E-state index in [1.54, 1.807) is 0 Å². The lowest BCUT2D eigenvalue weighted by atomic mass is 9.63. The van der Waals surface area contributed by atoms with Crippen molar-refractivity contribution in [2.24, 2.45) is 35.5 Å². The first-order valence-corrected chi connectivity index (χ1v) is 9.45. The molecule has 134 valence electrons. The van der Waals surface area contributed by atoms with Crippen molar-refractivity contribution in [1.82, 2.24) is 4.90 Å². The topological polar surface area (TPSA) is 66.5 Å². The van der Waals surface area contributed by atoms with Gasteiger partial charge in [-0.2, -0.15) is 0 Å². The standard InChI is InChI=1S/C21H22N2O3/c1-11-4-2-3-5-16(11)22-17(24)8-9-23-20(25)18-12-6-7-13(15-10-14(12)15)19(18)21(23)26/h2-7,12-15,18-19H,8-10H2,1H3,(H,22,24)/t12-,13+,14-,15-,18+,19+/m1/s1. The summed E-state index contributed by atoms with van der Waals surface area (Å²) in [5.74, 6) is 1.02. The number of imide groups is 1. The van der Waals surface area contributed by atoms with Crippen LogP contribution >= 0.6 is 0 Å². The second kappa shape index (κ2) is 5.53. The van der Waals surface area contributed by atoms with Crippen molar-refractivity contribution in [2.75, 3.05) is 11.9 Å². The molecule has 4 aliphatic carbocycles. The predicted octanol–water partition coefficient (Wildman–Crippen LogP) is 2.38. The molecule has 5 heteroatoms. The van der Waals surface area contributed by atoms with E-state index in [1.165, 1.54) is 4.90 Å². The molecule has 1 aromatic rings. The van der Waals surface area contributed by atoms with Crippen molar-refractivity contribution in [2.45, 2.75) is 19.8 Å². The van der Waals surface area contributed by atoms with Crippen LogP contribution in [0.3, 0.4) is 0 Å². The number of amides is 3. The number of nitrogens with zero attached hydrogens (tertiary/aromatic N) is 1. The average molecular weight is 350 g/mol. The highest BCUT2D eigenvalue weighted by atomic mass is 16.2. The van der Waals surface area contributed by atoms with Gasteiger partial charge in [0.25, 0.3) is 0 Å². The van der Waals surface area contributed by atoms with E-state index in [9.17, 15) is 14.4 Å². The number of anilines is 1. The minimum atomic E-state index is -0.180. The molecule has 1 aliphatic heterocycles. The van der Waals surface area contributed by atoms with Gasteiger partial charge in [-0.15, -0.1) is 0 Å². The zero-order valence-corrected chi connectivity index (χ0v) is 14.7. The Balaban J connectivity index is 1.26. The van der Waals surface area contributed by atoms with E-state index in [-0.39, 0.29) is 54.4 Å². The zero-order valence-electron chi connectivity index (χ0n) is 14.7. The third kappa shape index (κ3) is 2.19. The molecule has 1 aromatic carbocycles. The van der Waals surface area contributed by atoms with Gasteiger partial charge >= 0.3 is 0 Å². The smallest absolute Gasteiger partial charge is 0.233 e. The molecule has 0 aromatic heterocycles. The van der Waals surface area contributed by atoms with Gasteiger partial charge in [0.15, 0.2) is 0 Å². The van der Waals surface area contributed by atoms with Gasteiger partial charge in [-0.3, -0.25) is 19.3 Å². The number of allylic oxidation sites excluding steroid dienone is 2. The summed E-state index contributed by atoms with van der Waals surface area (Å²) in [6.45, 7) is 2.11. The Morgan fingerprint density at radius 2 is 1.69 bits per heavy atom. The molecule has 2 saturated carbocycles. The Labute approximate surface area is 152 Å². The second-order valence-electron chi connectivity index (χ2n) is 8.10. The molecule has 3 amide bonds. The Morgan fingerprint density at radius 1 is 1.08 bits per heavy atom. The summed E-state index contributed by atoms with van der Waals surface area (Å²) in [6, 6.07) is 7.57. The largest absolute Gasteiger partial charge is 0.326 e. The van der Waals surface area contributed by atoms with Crippen LogP contribution in [0.1, 0.15) is 18.4 Å². The van der Waals surface area contributed by atoms with Gasteiger partial charge in [0.1, 0.15) is 0 Å². The lowest BCUT2D eigenvalue weighted by molar-refractivity contribution is -0.140. The van der Waals surface area contributed by atoms with E-state index in [0.29, 0.717) is 11.8 Å². The van der Waals surface area contributed by atoms with Crippen molar-refractivity contribution < 1.29 is 14.4 Å². The van der Waals surface area contributed by atoms with Crippen LogP contribution in [0.4, 0.5) is 5.69 Å². The van der Waals surface area contributed by atoms with Crippen LogP contribution in [0.5, 0.6) is 0 Å². The van der Waals surface area contributed by atoms with E-state index in [2.05, 4.69) is 17.5 Å². The molecule has 2 bridgehead atoms. The second-order valence-corrected chi connectivity index (χ2v) is 8.10. The SMILES string of the molecule is Cc1ccccc1NC(=O)CCN1C(=O)[C@H]2[C@@H]3C=C[C@@H]([C@H]4C[C@H]34)[C@@H]2C1=O. The van der Waals surface area contributed by atoms with Crippen LogP contribution in [0, 0.1) is 42.4 Å². The molecule has 6 rings (SSSR count). The summed E-state index contributed by atoms with van der Waals surface area (Å²) < 4.78 is 0. The fourth-order valence-electron chi connectivity index (χ4n) is 5.38. The third-order valence-corrected chi connectivity index (χ3v) is 6.74. The summed E-state index contributed by atoms with van der Waals surface area (Å²) in [5.41, 5.74) is 1.76. The highest BCUT2D eigenvalue weighted by Crippen LogP contribution is 2.65. The third-order valence-electron chi connectivity index (χ3n) is 6.74. The van der Waals surface area contributed by atoms with E-state index >= 15 is 0 Å². The van der Waals surface area contributed by atoms with Crippen molar-refractivity contribution in [3.05, 3.63) is 42.0 Å². The van der Waals surface area contributed by atoms with Crippen molar-refractivity contribution >= 4 is 23.4 Å².